The molecule has 18 heavy (non-hydrogen) atoms. The van der Waals surface area contributed by atoms with E-state index in [0.717, 1.165) is 0 Å². The number of carbonyl (C=O) groups is 1. The van der Waals surface area contributed by atoms with Gasteiger partial charge in [0.05, 0.1) is 11.4 Å². The van der Waals surface area contributed by atoms with Crippen LogP contribution in [0.15, 0.2) is 23.6 Å². The maximum atomic E-state index is 10.6. The largest absolute Gasteiger partial charge is 0.477 e. The molecular formula is C11H15N3O4. The van der Waals surface area contributed by atoms with Gasteiger partial charge in [-0.1, -0.05) is 6.07 Å². The van der Waals surface area contributed by atoms with Crippen molar-refractivity contribution >= 4 is 5.97 Å². The van der Waals surface area contributed by atoms with Gasteiger partial charge < -0.3 is 10.2 Å². The summed E-state index contributed by atoms with van der Waals surface area (Å²) in [4.78, 5) is 24.4. The Morgan fingerprint density at radius 3 is 2.78 bits per heavy atom. The van der Waals surface area contributed by atoms with Crippen molar-refractivity contribution in [2.75, 3.05) is 13.6 Å². The van der Waals surface area contributed by atoms with Gasteiger partial charge in [-0.2, -0.15) is 0 Å². The minimum Gasteiger partial charge on any atom is -0.477 e. The first kappa shape index (κ1) is 14.0. The SMILES string of the molecule is CN(CCC[C@@H](O)c1ccc(C(=O)O)nc1)N=O. The zero-order chi connectivity index (χ0) is 13.5. The van der Waals surface area contributed by atoms with Gasteiger partial charge in [0.25, 0.3) is 0 Å². The standard InChI is InChI=1S/C11H15N3O4/c1-14(13-18)6-2-3-10(15)8-4-5-9(11(16)17)12-7-8/h4-5,7,10,15H,2-3,6H2,1H3,(H,16,17)/t10-/m1/s1. The summed E-state index contributed by atoms with van der Waals surface area (Å²) in [6, 6.07) is 2.88. The van der Waals surface area contributed by atoms with Gasteiger partial charge in [-0.25, -0.2) is 9.78 Å². The molecule has 0 saturated carbocycles. The van der Waals surface area contributed by atoms with E-state index in [1.54, 1.807) is 7.05 Å². The second-order valence-electron chi connectivity index (χ2n) is 3.90. The molecule has 0 aliphatic heterocycles. The van der Waals surface area contributed by atoms with Crippen molar-refractivity contribution in [2.24, 2.45) is 5.29 Å². The number of aromatic nitrogens is 1. The summed E-state index contributed by atoms with van der Waals surface area (Å²) >= 11 is 0. The summed E-state index contributed by atoms with van der Waals surface area (Å²) in [5.41, 5.74) is 0.498. The first-order valence-electron chi connectivity index (χ1n) is 5.46. The topological polar surface area (TPSA) is 103 Å². The van der Waals surface area contributed by atoms with E-state index in [2.05, 4.69) is 10.3 Å². The van der Waals surface area contributed by atoms with Crippen LogP contribution in [0.1, 0.15) is 35.0 Å². The highest BCUT2D eigenvalue weighted by Gasteiger charge is 2.10. The van der Waals surface area contributed by atoms with Gasteiger partial charge in [-0.05, 0) is 24.5 Å². The highest BCUT2D eigenvalue weighted by molar-refractivity contribution is 5.85. The van der Waals surface area contributed by atoms with E-state index in [1.807, 2.05) is 0 Å². The van der Waals surface area contributed by atoms with E-state index in [0.29, 0.717) is 24.9 Å². The van der Waals surface area contributed by atoms with Crippen LogP contribution in [-0.4, -0.2) is 39.8 Å². The lowest BCUT2D eigenvalue weighted by molar-refractivity contribution is 0.0690. The number of pyridine rings is 1. The van der Waals surface area contributed by atoms with Crippen molar-refractivity contribution in [1.29, 1.82) is 0 Å². The molecule has 0 spiro atoms. The Morgan fingerprint density at radius 2 is 2.28 bits per heavy atom. The quantitative estimate of drug-likeness (QED) is 0.559. The number of nitroso groups, excluding NO2 is 1. The van der Waals surface area contributed by atoms with Crippen LogP contribution >= 0.6 is 0 Å². The molecule has 2 N–H and O–H groups in total. The fraction of sp³-hybridized carbons (Fsp3) is 0.455. The number of carboxylic acids is 1. The van der Waals surface area contributed by atoms with E-state index in [1.165, 1.54) is 23.3 Å². The smallest absolute Gasteiger partial charge is 0.354 e. The molecule has 1 atom stereocenters. The average molecular weight is 253 g/mol. The summed E-state index contributed by atoms with van der Waals surface area (Å²) in [7, 11) is 1.56. The maximum absolute atomic E-state index is 10.6. The van der Waals surface area contributed by atoms with E-state index >= 15 is 0 Å². The normalized spacial score (nSPS) is 11.9. The minimum atomic E-state index is -1.10. The third kappa shape index (κ3) is 4.10. The third-order valence-corrected chi connectivity index (χ3v) is 2.49. The van der Waals surface area contributed by atoms with E-state index < -0.39 is 12.1 Å². The maximum Gasteiger partial charge on any atom is 0.354 e. The fourth-order valence-electron chi connectivity index (χ4n) is 1.45. The number of nitrogens with zero attached hydrogens (tertiary/aromatic N) is 3. The molecule has 0 fully saturated rings. The molecule has 0 aliphatic rings. The van der Waals surface area contributed by atoms with Crippen molar-refractivity contribution < 1.29 is 15.0 Å². The molecule has 1 aromatic rings. The number of aromatic carboxylic acids is 1. The molecule has 0 radical (unpaired) electrons. The molecule has 7 nitrogen and oxygen atoms in total. The Balaban J connectivity index is 2.48. The lowest BCUT2D eigenvalue weighted by atomic mass is 10.1. The number of hydrogen-bond donors (Lipinski definition) is 2. The number of hydrogen-bond acceptors (Lipinski definition) is 5. The average Bonchev–Trinajstić information content (AvgIpc) is 2.38. The van der Waals surface area contributed by atoms with Crippen LogP contribution in [0.5, 0.6) is 0 Å². The summed E-state index contributed by atoms with van der Waals surface area (Å²) in [6.45, 7) is 0.460. The van der Waals surface area contributed by atoms with Gasteiger partial charge in [-0.3, -0.25) is 5.01 Å². The Morgan fingerprint density at radius 1 is 1.56 bits per heavy atom. The second kappa shape index (κ2) is 6.65. The van der Waals surface area contributed by atoms with Crippen LogP contribution in [0, 0.1) is 4.91 Å². The van der Waals surface area contributed by atoms with Gasteiger partial charge >= 0.3 is 5.97 Å². The molecule has 1 rings (SSSR count). The molecule has 0 unspecified atom stereocenters. The van der Waals surface area contributed by atoms with Crippen molar-refractivity contribution in [1.82, 2.24) is 9.99 Å². The molecule has 0 aliphatic carbocycles. The van der Waals surface area contributed by atoms with Gasteiger partial charge in [0.2, 0.25) is 0 Å². The number of carboxylic acid groups (broad SMARTS) is 1. The molecule has 1 heterocycles. The number of rotatable bonds is 7. The van der Waals surface area contributed by atoms with Crippen molar-refractivity contribution in [2.45, 2.75) is 18.9 Å². The molecule has 0 saturated heterocycles. The van der Waals surface area contributed by atoms with Crippen molar-refractivity contribution in [3.8, 4) is 0 Å². The molecule has 98 valence electrons. The first-order chi connectivity index (χ1) is 8.54. The summed E-state index contributed by atoms with van der Waals surface area (Å²) in [6.07, 6.45) is 1.67. The van der Waals surface area contributed by atoms with Crippen LogP contribution < -0.4 is 0 Å². The summed E-state index contributed by atoms with van der Waals surface area (Å²) in [5.74, 6) is -1.10. The molecule has 7 heteroatoms. The zero-order valence-electron chi connectivity index (χ0n) is 9.98. The van der Waals surface area contributed by atoms with E-state index in [9.17, 15) is 14.8 Å². The lowest BCUT2D eigenvalue weighted by Crippen LogP contribution is -2.12. The predicted molar refractivity (Wildman–Crippen MR) is 63.8 cm³/mol. The van der Waals surface area contributed by atoms with Crippen LogP contribution in [0.3, 0.4) is 0 Å². The summed E-state index contributed by atoms with van der Waals surface area (Å²) in [5, 5.41) is 22.5. The summed E-state index contributed by atoms with van der Waals surface area (Å²) < 4.78 is 0. The lowest BCUT2D eigenvalue weighted by Gasteiger charge is -2.12. The van der Waals surface area contributed by atoms with E-state index in [-0.39, 0.29) is 5.69 Å². The predicted octanol–water partition coefficient (Wildman–Crippen LogP) is 1.21. The van der Waals surface area contributed by atoms with E-state index in [4.69, 9.17) is 5.11 Å². The monoisotopic (exact) mass is 253 g/mol. The molecule has 0 amide bonds. The molecule has 1 aromatic heterocycles. The Bertz CT molecular complexity index is 407. The minimum absolute atomic E-state index is 0.0594. The first-order valence-corrected chi connectivity index (χ1v) is 5.46. The fourth-order valence-corrected chi connectivity index (χ4v) is 1.45. The van der Waals surface area contributed by atoms with Crippen molar-refractivity contribution in [3.63, 3.8) is 0 Å². The van der Waals surface area contributed by atoms with Crippen LogP contribution in [0.25, 0.3) is 0 Å². The van der Waals surface area contributed by atoms with Crippen LogP contribution in [-0.2, 0) is 0 Å². The molecular weight excluding hydrogens is 238 g/mol. The van der Waals surface area contributed by atoms with Gasteiger partial charge in [0.15, 0.2) is 0 Å². The van der Waals surface area contributed by atoms with Crippen LogP contribution in [0.2, 0.25) is 0 Å². The molecule has 0 aromatic carbocycles. The van der Waals surface area contributed by atoms with Gasteiger partial charge in [0.1, 0.15) is 5.69 Å². The highest BCUT2D eigenvalue weighted by atomic mass is 16.4. The van der Waals surface area contributed by atoms with Crippen LogP contribution in [0.4, 0.5) is 0 Å². The Kier molecular flexibility index (Phi) is 5.19. The van der Waals surface area contributed by atoms with Gasteiger partial charge in [-0.15, -0.1) is 4.91 Å². The van der Waals surface area contributed by atoms with Gasteiger partial charge in [0, 0.05) is 19.8 Å². The number of aliphatic hydroxyl groups excluding tert-OH is 1. The Hall–Kier alpha value is -2.02. The highest BCUT2D eigenvalue weighted by Crippen LogP contribution is 2.17. The third-order valence-electron chi connectivity index (χ3n) is 2.49. The molecule has 0 bridgehead atoms. The number of aliphatic hydroxyl groups is 1. The van der Waals surface area contributed by atoms with Crippen molar-refractivity contribution in [3.05, 3.63) is 34.5 Å². The Labute approximate surface area is 104 Å². The zero-order valence-corrected chi connectivity index (χ0v) is 9.98. The second-order valence-corrected chi connectivity index (χ2v) is 3.90.